The summed E-state index contributed by atoms with van der Waals surface area (Å²) in [4.78, 5) is 19.2. The first kappa shape index (κ1) is 18.3. The Morgan fingerprint density at radius 2 is 2.23 bits per heavy atom. The number of nitrogens with one attached hydrogen (secondary N) is 1. The van der Waals surface area contributed by atoms with Crippen molar-refractivity contribution in [3.8, 4) is 5.88 Å². The molecule has 0 aromatic carbocycles. The smallest absolute Gasteiger partial charge is 0.362 e. The SMILES string of the molecule is CCOC(=S)SCc1cc(OC)nc(NC(=O)N=S(=O)=O)n1. The maximum Gasteiger partial charge on any atom is 0.362 e. The highest BCUT2D eigenvalue weighted by Gasteiger charge is 2.10. The number of amides is 2. The Hall–Kier alpha value is -1.79. The standard InChI is InChI=1S/C10H12N4O5S3/c1-3-19-10(20)21-5-6-4-7(18-2)12-8(11-6)13-9(15)14-22(16)17/h4H,3,5H2,1-2H3,(H,11,12,13,15). The van der Waals surface area contributed by atoms with Crippen molar-refractivity contribution < 1.29 is 22.7 Å². The summed E-state index contributed by atoms with van der Waals surface area (Å²) in [6.07, 6.45) is 0. The van der Waals surface area contributed by atoms with Crippen LogP contribution in [0.4, 0.5) is 10.7 Å². The fourth-order valence-corrected chi connectivity index (χ4v) is 2.28. The van der Waals surface area contributed by atoms with Crippen molar-refractivity contribution in [2.75, 3.05) is 19.0 Å². The zero-order chi connectivity index (χ0) is 16.5. The second-order valence-electron chi connectivity index (χ2n) is 3.44. The van der Waals surface area contributed by atoms with Crippen molar-refractivity contribution in [2.45, 2.75) is 12.7 Å². The van der Waals surface area contributed by atoms with E-state index in [-0.39, 0.29) is 11.8 Å². The van der Waals surface area contributed by atoms with Gasteiger partial charge in [-0.3, -0.25) is 5.32 Å². The number of carbonyl (C=O) groups excluding carboxylic acids is 1. The second-order valence-corrected chi connectivity index (χ2v) is 5.63. The third-order valence-corrected chi connectivity index (χ3v) is 3.52. The maximum absolute atomic E-state index is 11.2. The predicted molar refractivity (Wildman–Crippen MR) is 84.5 cm³/mol. The van der Waals surface area contributed by atoms with Gasteiger partial charge in [0.15, 0.2) is 0 Å². The molecule has 22 heavy (non-hydrogen) atoms. The number of hydrogen-bond acceptors (Lipinski definition) is 9. The van der Waals surface area contributed by atoms with Crippen molar-refractivity contribution in [1.29, 1.82) is 0 Å². The van der Waals surface area contributed by atoms with Gasteiger partial charge in [-0.25, -0.2) is 9.78 Å². The number of thioether (sulfide) groups is 1. The zero-order valence-electron chi connectivity index (χ0n) is 11.6. The molecule has 9 nitrogen and oxygen atoms in total. The fourth-order valence-electron chi connectivity index (χ4n) is 1.19. The molecule has 0 bridgehead atoms. The first-order valence-electron chi connectivity index (χ1n) is 5.78. The minimum Gasteiger partial charge on any atom is -0.481 e. The minimum absolute atomic E-state index is 0.128. The number of urea groups is 1. The predicted octanol–water partition coefficient (Wildman–Crippen LogP) is 1.63. The van der Waals surface area contributed by atoms with Crippen LogP contribution in [-0.2, 0) is 21.0 Å². The summed E-state index contributed by atoms with van der Waals surface area (Å²) in [6, 6.07) is 0.449. The molecule has 0 aliphatic carbocycles. The number of aromatic nitrogens is 2. The van der Waals surface area contributed by atoms with E-state index in [1.165, 1.54) is 18.9 Å². The minimum atomic E-state index is -2.86. The van der Waals surface area contributed by atoms with Crippen LogP contribution in [-0.4, -0.2) is 42.5 Å². The van der Waals surface area contributed by atoms with Crippen molar-refractivity contribution in [2.24, 2.45) is 4.36 Å². The molecule has 0 fully saturated rings. The van der Waals surface area contributed by atoms with E-state index in [0.717, 1.165) is 0 Å². The molecule has 1 rings (SSSR count). The molecule has 0 aliphatic rings. The summed E-state index contributed by atoms with van der Waals surface area (Å²) >= 11 is 6.22. The van der Waals surface area contributed by atoms with Crippen LogP contribution >= 0.6 is 24.0 Å². The Balaban J connectivity index is 2.86. The Labute approximate surface area is 137 Å². The van der Waals surface area contributed by atoms with E-state index in [0.29, 0.717) is 22.4 Å². The molecule has 1 aromatic rings. The third kappa shape index (κ3) is 6.78. The highest BCUT2D eigenvalue weighted by atomic mass is 32.2. The van der Waals surface area contributed by atoms with Crippen LogP contribution in [0.3, 0.4) is 0 Å². The second kappa shape index (κ2) is 9.27. The highest BCUT2D eigenvalue weighted by molar-refractivity contribution is 8.22. The summed E-state index contributed by atoms with van der Waals surface area (Å²) in [7, 11) is -1.46. The monoisotopic (exact) mass is 364 g/mol. The van der Waals surface area contributed by atoms with Crippen LogP contribution in [0.5, 0.6) is 5.88 Å². The van der Waals surface area contributed by atoms with E-state index in [1.807, 2.05) is 6.92 Å². The number of carbonyl (C=O) groups is 1. The van der Waals surface area contributed by atoms with Crippen LogP contribution < -0.4 is 10.1 Å². The van der Waals surface area contributed by atoms with Crippen molar-refractivity contribution in [3.05, 3.63) is 11.8 Å². The van der Waals surface area contributed by atoms with Crippen LogP contribution in [0.15, 0.2) is 10.4 Å². The van der Waals surface area contributed by atoms with Gasteiger partial charge in [-0.2, -0.15) is 13.4 Å². The average molecular weight is 364 g/mol. The number of anilines is 1. The third-order valence-electron chi connectivity index (χ3n) is 1.94. The van der Waals surface area contributed by atoms with Gasteiger partial charge in [-0.15, -0.1) is 0 Å². The lowest BCUT2D eigenvalue weighted by atomic mass is 10.4. The lowest BCUT2D eigenvalue weighted by Gasteiger charge is -2.07. The molecule has 0 saturated carbocycles. The molecule has 1 heterocycles. The van der Waals surface area contributed by atoms with Crippen molar-refractivity contribution >= 4 is 50.8 Å². The fraction of sp³-hybridized carbons (Fsp3) is 0.400. The van der Waals surface area contributed by atoms with Gasteiger partial charge >= 0.3 is 16.5 Å². The molecule has 2 amide bonds. The summed E-state index contributed by atoms with van der Waals surface area (Å²) < 4.78 is 33.8. The summed E-state index contributed by atoms with van der Waals surface area (Å²) in [6.45, 7) is 2.28. The summed E-state index contributed by atoms with van der Waals surface area (Å²) in [5.41, 5.74) is 0.512. The molecule has 0 saturated heterocycles. The zero-order valence-corrected chi connectivity index (χ0v) is 14.0. The lowest BCUT2D eigenvalue weighted by Crippen LogP contribution is -2.11. The normalized spacial score (nSPS) is 9.73. The Morgan fingerprint density at radius 3 is 2.82 bits per heavy atom. The van der Waals surface area contributed by atoms with Gasteiger partial charge in [-0.1, -0.05) is 16.1 Å². The number of thiocarbonyl (C=S) groups is 1. The molecule has 0 radical (unpaired) electrons. The first-order chi connectivity index (χ1) is 10.4. The number of methoxy groups -OCH3 is 1. The molecule has 1 aromatic heterocycles. The quantitative estimate of drug-likeness (QED) is 0.777. The van der Waals surface area contributed by atoms with E-state index in [2.05, 4.69) is 19.6 Å². The first-order valence-corrected chi connectivity index (χ1v) is 8.20. The van der Waals surface area contributed by atoms with Gasteiger partial charge in [0.05, 0.1) is 19.4 Å². The van der Waals surface area contributed by atoms with Gasteiger partial charge in [0.2, 0.25) is 16.2 Å². The number of ether oxygens (including phenoxy) is 2. The highest BCUT2D eigenvalue weighted by Crippen LogP contribution is 2.18. The number of nitrogens with zero attached hydrogens (tertiary/aromatic N) is 3. The summed E-state index contributed by atoms with van der Waals surface area (Å²) in [5, 5.41) is 2.13. The maximum atomic E-state index is 11.2. The van der Waals surface area contributed by atoms with Crippen LogP contribution in [0.25, 0.3) is 0 Å². The summed E-state index contributed by atoms with van der Waals surface area (Å²) in [5.74, 6) is 0.438. The molecule has 1 N–H and O–H groups in total. The lowest BCUT2D eigenvalue weighted by molar-refractivity contribution is 0.259. The van der Waals surface area contributed by atoms with E-state index < -0.39 is 16.5 Å². The van der Waals surface area contributed by atoms with Crippen molar-refractivity contribution in [3.63, 3.8) is 0 Å². The Kier molecular flexibility index (Phi) is 7.70. The van der Waals surface area contributed by atoms with E-state index in [9.17, 15) is 13.2 Å². The molecule has 0 aliphatic heterocycles. The topological polar surface area (TPSA) is 120 Å². The molecular formula is C10H12N4O5S3. The van der Waals surface area contributed by atoms with Gasteiger partial charge in [-0.05, 0) is 19.1 Å². The molecule has 120 valence electrons. The van der Waals surface area contributed by atoms with Crippen molar-refractivity contribution in [1.82, 2.24) is 9.97 Å². The van der Waals surface area contributed by atoms with Gasteiger partial charge < -0.3 is 9.47 Å². The van der Waals surface area contributed by atoms with Crippen LogP contribution in [0.1, 0.15) is 12.6 Å². The molecule has 0 unspecified atom stereocenters. The van der Waals surface area contributed by atoms with Gasteiger partial charge in [0.25, 0.3) is 0 Å². The van der Waals surface area contributed by atoms with E-state index in [4.69, 9.17) is 21.7 Å². The molecule has 12 heteroatoms. The van der Waals surface area contributed by atoms with E-state index in [1.54, 1.807) is 6.07 Å². The Morgan fingerprint density at radius 1 is 1.50 bits per heavy atom. The number of hydrogen-bond donors (Lipinski definition) is 1. The Bertz CT molecular complexity index is 684. The number of rotatable bonds is 5. The van der Waals surface area contributed by atoms with Gasteiger partial charge in [0, 0.05) is 11.8 Å². The largest absolute Gasteiger partial charge is 0.481 e. The molecular weight excluding hydrogens is 352 g/mol. The van der Waals surface area contributed by atoms with Crippen LogP contribution in [0.2, 0.25) is 0 Å². The molecule has 0 spiro atoms. The van der Waals surface area contributed by atoms with E-state index >= 15 is 0 Å². The molecule has 0 atom stereocenters. The average Bonchev–Trinajstić information content (AvgIpc) is 2.44. The van der Waals surface area contributed by atoms with Gasteiger partial charge in [0.1, 0.15) is 0 Å². The van der Waals surface area contributed by atoms with Crippen LogP contribution in [0, 0.1) is 0 Å².